The molecule has 2 nitrogen and oxygen atoms in total. The Hall–Kier alpha value is -11.6. The van der Waals surface area contributed by atoms with Crippen LogP contribution in [0.1, 0.15) is 66.8 Å². The summed E-state index contributed by atoms with van der Waals surface area (Å²) in [5.41, 5.74) is 28.9. The summed E-state index contributed by atoms with van der Waals surface area (Å²) in [5, 5.41) is 4.52. The van der Waals surface area contributed by atoms with Gasteiger partial charge in [0.2, 0.25) is 0 Å². The highest BCUT2D eigenvalue weighted by Crippen LogP contribution is 2.67. The Balaban J connectivity index is 0.847. The fourth-order valence-corrected chi connectivity index (χ4v) is 17.7. The molecule has 0 radical (unpaired) electrons. The highest BCUT2D eigenvalue weighted by atomic mass is 16.5. The third-order valence-corrected chi connectivity index (χ3v) is 21.2. The van der Waals surface area contributed by atoms with Crippen molar-refractivity contribution in [2.24, 2.45) is 0 Å². The summed E-state index contributed by atoms with van der Waals surface area (Å²) < 4.78 is 7.38. The van der Waals surface area contributed by atoms with Crippen LogP contribution in [0.3, 0.4) is 0 Å². The molecule has 15 aromatic rings. The van der Waals surface area contributed by atoms with E-state index in [1.807, 2.05) is 0 Å². The van der Waals surface area contributed by atoms with Gasteiger partial charge in [0, 0.05) is 38.8 Å². The Bertz CT molecular complexity index is 5410. The average molecular weight is 1150 g/mol. The van der Waals surface area contributed by atoms with Gasteiger partial charge in [0.05, 0.1) is 21.9 Å². The maximum atomic E-state index is 7.38. The van der Waals surface area contributed by atoms with Crippen LogP contribution in [-0.2, 0) is 16.2 Å². The molecular weight excluding hydrogens is 1100 g/mol. The molecule has 15 aromatic carbocycles. The molecule has 0 unspecified atom stereocenters. The molecule has 20 rings (SSSR count). The monoisotopic (exact) mass is 1150 g/mol. The number of rotatable bonds is 6. The van der Waals surface area contributed by atoms with Crippen molar-refractivity contribution >= 4 is 38.6 Å². The van der Waals surface area contributed by atoms with Gasteiger partial charge in [-0.25, -0.2) is 0 Å². The molecule has 0 amide bonds. The first-order valence-electron chi connectivity index (χ1n) is 31.8. The van der Waals surface area contributed by atoms with Gasteiger partial charge < -0.3 is 9.64 Å². The zero-order chi connectivity index (χ0) is 59.6. The largest absolute Gasteiger partial charge is 0.455 e. The van der Waals surface area contributed by atoms with Crippen molar-refractivity contribution in [1.29, 1.82) is 0 Å². The van der Waals surface area contributed by atoms with Crippen molar-refractivity contribution in [3.8, 4) is 67.1 Å². The van der Waals surface area contributed by atoms with Crippen LogP contribution in [0.25, 0.3) is 77.2 Å². The summed E-state index contributed by atoms with van der Waals surface area (Å²) in [7, 11) is 0. The first-order chi connectivity index (χ1) is 45.1. The lowest BCUT2D eigenvalue weighted by molar-refractivity contribution is 0.447. The molecule has 1 heterocycles. The zero-order valence-corrected chi connectivity index (χ0v) is 49.6. The van der Waals surface area contributed by atoms with Crippen LogP contribution in [0.4, 0.5) is 17.1 Å². The van der Waals surface area contributed by atoms with Crippen LogP contribution in [0.5, 0.6) is 11.5 Å². The van der Waals surface area contributed by atoms with E-state index in [9.17, 15) is 0 Å². The van der Waals surface area contributed by atoms with Crippen LogP contribution < -0.4 is 9.64 Å². The highest BCUT2D eigenvalue weighted by Gasteiger charge is 2.54. The second-order valence-electron chi connectivity index (χ2n) is 25.2. The molecule has 0 aromatic heterocycles. The summed E-state index contributed by atoms with van der Waals surface area (Å²) in [5.74, 6) is 1.83. The van der Waals surface area contributed by atoms with E-state index in [0.717, 1.165) is 72.4 Å². The molecule has 5 aliphatic rings. The second-order valence-corrected chi connectivity index (χ2v) is 25.2. The summed E-state index contributed by atoms with van der Waals surface area (Å²) >= 11 is 0. The minimum absolute atomic E-state index is 0.540. The van der Waals surface area contributed by atoms with Crippen molar-refractivity contribution in [1.82, 2.24) is 0 Å². The van der Waals surface area contributed by atoms with Crippen molar-refractivity contribution < 1.29 is 4.74 Å². The summed E-state index contributed by atoms with van der Waals surface area (Å²) in [6.45, 7) is 0. The zero-order valence-electron chi connectivity index (χ0n) is 49.6. The van der Waals surface area contributed by atoms with Crippen molar-refractivity contribution in [2.45, 2.75) is 16.2 Å². The molecular formula is C89H55NO. The van der Waals surface area contributed by atoms with E-state index in [-0.39, 0.29) is 0 Å². The summed E-state index contributed by atoms with van der Waals surface area (Å²) in [6, 6.07) is 126. The standard InChI is InChI=1S/C89H55NO/c1-3-26-60(27-4-1)87(61-28-5-2-6-29-61)77-42-20-15-37-72(77)84-78(87)43-22-44-83(84)90(63-48-50-71-69-36-13-18-40-75(69)88(82(71)55-63)73-38-16-11-33-66(73)67-34-12-17-39-74(67)88)62-30-21-25-58(53-62)59-45-49-70-68-35-14-19-41-76(68)89(81(70)54-59)79-51-46-56-23-7-9-31-64(56)85(79)91-86-65-32-10-8-24-57(65)47-52-80(86)89/h1-55H. The molecule has 0 saturated carbocycles. The van der Waals surface area contributed by atoms with Gasteiger partial charge >= 0.3 is 0 Å². The van der Waals surface area contributed by atoms with E-state index >= 15 is 0 Å². The number of fused-ring (bicyclic) bond motifs is 26. The van der Waals surface area contributed by atoms with Crippen LogP contribution in [0.2, 0.25) is 0 Å². The SMILES string of the molecule is c1ccc(C2(c3ccccc3)c3ccccc3-c3c(N(c4cccc(-c5ccc6c(c5)C5(c7ccccc7-6)c6ccc7ccccc7c6Oc6c5ccc5ccccc65)c4)c4ccc5c(c4)C4(c6ccccc6-c6ccccc64)c4ccccc4-5)cccc32)cc1. The van der Waals surface area contributed by atoms with Gasteiger partial charge in [0.15, 0.2) is 0 Å². The molecule has 2 heteroatoms. The minimum atomic E-state index is -0.694. The Morgan fingerprint density at radius 1 is 0.231 bits per heavy atom. The normalized spacial score (nSPS) is 14.5. The maximum absolute atomic E-state index is 7.38. The molecule has 1 aliphatic heterocycles. The fraction of sp³-hybridized carbons (Fsp3) is 0.0337. The Morgan fingerprint density at radius 3 is 1.20 bits per heavy atom. The Kier molecular flexibility index (Phi) is 10.4. The Labute approximate surface area is 528 Å². The summed E-state index contributed by atoms with van der Waals surface area (Å²) in [4.78, 5) is 2.58. The van der Waals surface area contributed by atoms with E-state index in [4.69, 9.17) is 4.74 Å². The molecule has 2 spiro atoms. The number of anilines is 3. The predicted octanol–water partition coefficient (Wildman–Crippen LogP) is 22.3. The molecule has 0 N–H and O–H groups in total. The van der Waals surface area contributed by atoms with Gasteiger partial charge in [-0.1, -0.05) is 297 Å². The van der Waals surface area contributed by atoms with E-state index in [1.165, 1.54) is 100 Å². The Morgan fingerprint density at radius 2 is 0.637 bits per heavy atom. The first-order valence-corrected chi connectivity index (χ1v) is 31.8. The average Bonchev–Trinajstić information content (AvgIpc) is 1.58. The van der Waals surface area contributed by atoms with E-state index in [0.29, 0.717) is 0 Å². The van der Waals surface area contributed by atoms with Gasteiger partial charge in [-0.3, -0.25) is 0 Å². The number of hydrogen-bond donors (Lipinski definition) is 0. The first kappa shape index (κ1) is 50.4. The number of nitrogens with zero attached hydrogens (tertiary/aromatic N) is 1. The van der Waals surface area contributed by atoms with Crippen molar-refractivity contribution in [3.05, 3.63) is 400 Å². The second kappa shape index (κ2) is 18.7. The third kappa shape index (κ3) is 6.50. The van der Waals surface area contributed by atoms with Gasteiger partial charge in [-0.15, -0.1) is 0 Å². The molecule has 422 valence electrons. The third-order valence-electron chi connectivity index (χ3n) is 21.2. The maximum Gasteiger partial charge on any atom is 0.140 e. The van der Waals surface area contributed by atoms with Crippen molar-refractivity contribution in [3.63, 3.8) is 0 Å². The van der Waals surface area contributed by atoms with Gasteiger partial charge in [-0.05, 0) is 153 Å². The molecule has 0 fully saturated rings. The van der Waals surface area contributed by atoms with Crippen LogP contribution >= 0.6 is 0 Å². The molecule has 4 aliphatic carbocycles. The topological polar surface area (TPSA) is 12.5 Å². The number of hydrogen-bond acceptors (Lipinski definition) is 2. The molecule has 0 bridgehead atoms. The number of benzene rings is 15. The van der Waals surface area contributed by atoms with Crippen LogP contribution in [0, 0.1) is 0 Å². The van der Waals surface area contributed by atoms with E-state index in [2.05, 4.69) is 339 Å². The fourth-order valence-electron chi connectivity index (χ4n) is 17.7. The van der Waals surface area contributed by atoms with Gasteiger partial charge in [0.25, 0.3) is 0 Å². The minimum Gasteiger partial charge on any atom is -0.455 e. The predicted molar refractivity (Wildman–Crippen MR) is 373 cm³/mol. The molecule has 91 heavy (non-hydrogen) atoms. The van der Waals surface area contributed by atoms with E-state index < -0.39 is 16.2 Å². The van der Waals surface area contributed by atoms with Gasteiger partial charge in [0.1, 0.15) is 11.5 Å². The number of ether oxygens (including phenoxy) is 1. The van der Waals surface area contributed by atoms with Crippen molar-refractivity contribution in [2.75, 3.05) is 4.90 Å². The molecule has 0 saturated heterocycles. The van der Waals surface area contributed by atoms with E-state index in [1.54, 1.807) is 0 Å². The lowest BCUT2D eigenvalue weighted by Crippen LogP contribution is -2.32. The lowest BCUT2D eigenvalue weighted by atomic mass is 9.65. The van der Waals surface area contributed by atoms with Crippen LogP contribution in [0.15, 0.2) is 334 Å². The van der Waals surface area contributed by atoms with Gasteiger partial charge in [-0.2, -0.15) is 0 Å². The molecule has 0 atom stereocenters. The summed E-state index contributed by atoms with van der Waals surface area (Å²) in [6.07, 6.45) is 0. The highest BCUT2D eigenvalue weighted by molar-refractivity contribution is 6.03. The smallest absolute Gasteiger partial charge is 0.140 e. The quantitative estimate of drug-likeness (QED) is 0.165. The van der Waals surface area contributed by atoms with Crippen LogP contribution in [-0.4, -0.2) is 0 Å². The lowest BCUT2D eigenvalue weighted by Gasteiger charge is -2.40.